The molecule has 0 heterocycles. The van der Waals surface area contributed by atoms with Gasteiger partial charge in [0.15, 0.2) is 0 Å². The summed E-state index contributed by atoms with van der Waals surface area (Å²) in [5.74, 6) is 3.58. The van der Waals surface area contributed by atoms with Crippen LogP contribution in [0.15, 0.2) is 0 Å². The van der Waals surface area contributed by atoms with Gasteiger partial charge in [0.2, 0.25) is 6.04 Å². The molecule has 1 unspecified atom stereocenters. The molecule has 0 aromatic carbocycles. The van der Waals surface area contributed by atoms with E-state index in [9.17, 15) is 9.59 Å². The monoisotopic (exact) mass is 218 g/mol. The number of rotatable bonds is 4. The molecule has 0 fully saturated rings. The maximum atomic E-state index is 11.4. The van der Waals surface area contributed by atoms with E-state index in [1.54, 1.807) is 27.7 Å². The Morgan fingerprint density at radius 1 is 1.33 bits per heavy atom. The fourth-order valence-corrected chi connectivity index (χ4v) is 0.819. The second-order valence-electron chi connectivity index (χ2n) is 3.89. The van der Waals surface area contributed by atoms with E-state index in [4.69, 9.17) is 10.6 Å². The van der Waals surface area contributed by atoms with Crippen LogP contribution < -0.4 is 11.3 Å². The summed E-state index contributed by atoms with van der Waals surface area (Å²) >= 11 is 0. The zero-order valence-electron chi connectivity index (χ0n) is 9.49. The van der Waals surface area contributed by atoms with E-state index in [1.165, 1.54) is 0 Å². The van der Waals surface area contributed by atoms with Crippen molar-refractivity contribution in [3.63, 3.8) is 0 Å². The number of esters is 2. The first-order valence-corrected chi connectivity index (χ1v) is 4.67. The van der Waals surface area contributed by atoms with Crippen molar-refractivity contribution in [2.24, 2.45) is 5.84 Å². The Hall–Kier alpha value is -1.14. The zero-order valence-corrected chi connectivity index (χ0v) is 9.49. The Balaban J connectivity index is 4.41. The summed E-state index contributed by atoms with van der Waals surface area (Å²) in [7, 11) is 0. The topological polar surface area (TPSA) is 90.6 Å². The second kappa shape index (κ2) is 5.67. The predicted octanol–water partition coefficient (Wildman–Crippen LogP) is -0.277. The summed E-state index contributed by atoms with van der Waals surface area (Å²) in [6.07, 6.45) is 0. The van der Waals surface area contributed by atoms with Crippen molar-refractivity contribution in [1.29, 1.82) is 0 Å². The molecule has 0 amide bonds. The molecule has 0 aliphatic carbocycles. The van der Waals surface area contributed by atoms with Crippen LogP contribution in [-0.2, 0) is 19.1 Å². The highest BCUT2D eigenvalue weighted by molar-refractivity contribution is 5.99. The van der Waals surface area contributed by atoms with Crippen LogP contribution in [0, 0.1) is 0 Å². The van der Waals surface area contributed by atoms with Crippen LogP contribution in [0.1, 0.15) is 27.7 Å². The van der Waals surface area contributed by atoms with Gasteiger partial charge in [-0.15, -0.1) is 0 Å². The van der Waals surface area contributed by atoms with Gasteiger partial charge in [0.1, 0.15) is 5.60 Å². The molecule has 15 heavy (non-hydrogen) atoms. The summed E-state index contributed by atoms with van der Waals surface area (Å²) in [6, 6.07) is -1.27. The van der Waals surface area contributed by atoms with Gasteiger partial charge in [-0.2, -0.15) is 0 Å². The third-order valence-electron chi connectivity index (χ3n) is 1.33. The van der Waals surface area contributed by atoms with Gasteiger partial charge < -0.3 is 9.47 Å². The van der Waals surface area contributed by atoms with Crippen molar-refractivity contribution in [2.45, 2.75) is 39.3 Å². The molecule has 88 valence electrons. The van der Waals surface area contributed by atoms with Crippen LogP contribution in [0.4, 0.5) is 0 Å². The quantitative estimate of drug-likeness (QED) is 0.292. The SMILES string of the molecule is CCOC(=O)C(NN)C(=O)OC(C)(C)C. The number of ether oxygens (including phenoxy) is 2. The largest absolute Gasteiger partial charge is 0.464 e. The molecule has 0 aliphatic heterocycles. The number of nitrogens with two attached hydrogens (primary N) is 1. The third-order valence-corrected chi connectivity index (χ3v) is 1.33. The maximum Gasteiger partial charge on any atom is 0.336 e. The fraction of sp³-hybridized carbons (Fsp3) is 0.778. The Morgan fingerprint density at radius 2 is 1.87 bits per heavy atom. The molecule has 0 aromatic rings. The van der Waals surface area contributed by atoms with Crippen LogP contribution >= 0.6 is 0 Å². The Kier molecular flexibility index (Phi) is 5.24. The molecule has 0 aromatic heterocycles. The van der Waals surface area contributed by atoms with Gasteiger partial charge in [0.25, 0.3) is 0 Å². The van der Waals surface area contributed by atoms with Gasteiger partial charge in [-0.1, -0.05) is 0 Å². The average molecular weight is 218 g/mol. The van der Waals surface area contributed by atoms with E-state index in [2.05, 4.69) is 10.2 Å². The van der Waals surface area contributed by atoms with Crippen molar-refractivity contribution in [3.05, 3.63) is 0 Å². The maximum absolute atomic E-state index is 11.4. The van der Waals surface area contributed by atoms with Gasteiger partial charge in [0.05, 0.1) is 6.61 Å². The van der Waals surface area contributed by atoms with E-state index in [-0.39, 0.29) is 6.61 Å². The summed E-state index contributed by atoms with van der Waals surface area (Å²) in [5.41, 5.74) is 1.39. The van der Waals surface area contributed by atoms with Crippen molar-refractivity contribution < 1.29 is 19.1 Å². The Labute approximate surface area is 89.1 Å². The minimum Gasteiger partial charge on any atom is -0.464 e. The Bertz CT molecular complexity index is 235. The highest BCUT2D eigenvalue weighted by Crippen LogP contribution is 2.08. The van der Waals surface area contributed by atoms with Crippen LogP contribution in [-0.4, -0.2) is 30.2 Å². The first kappa shape index (κ1) is 13.9. The number of hydrazine groups is 1. The molecule has 3 N–H and O–H groups in total. The second-order valence-corrected chi connectivity index (χ2v) is 3.89. The molecule has 0 bridgehead atoms. The number of hydrogen-bond acceptors (Lipinski definition) is 6. The molecule has 0 saturated carbocycles. The minimum absolute atomic E-state index is 0.180. The lowest BCUT2D eigenvalue weighted by Crippen LogP contribution is -2.50. The lowest BCUT2D eigenvalue weighted by atomic mass is 10.2. The number of nitrogens with one attached hydrogen (secondary N) is 1. The summed E-state index contributed by atoms with van der Waals surface area (Å²) in [4.78, 5) is 22.7. The van der Waals surface area contributed by atoms with E-state index in [1.807, 2.05) is 0 Å². The van der Waals surface area contributed by atoms with Gasteiger partial charge in [-0.05, 0) is 27.7 Å². The number of carbonyl (C=O) groups excluding carboxylic acids is 2. The molecular formula is C9H18N2O4. The van der Waals surface area contributed by atoms with Crippen molar-refractivity contribution in [3.8, 4) is 0 Å². The number of hydrogen-bond donors (Lipinski definition) is 2. The molecule has 0 saturated heterocycles. The minimum atomic E-state index is -1.27. The smallest absolute Gasteiger partial charge is 0.336 e. The lowest BCUT2D eigenvalue weighted by molar-refractivity contribution is -0.165. The highest BCUT2D eigenvalue weighted by atomic mass is 16.6. The average Bonchev–Trinajstić information content (AvgIpc) is 2.02. The molecule has 6 nitrogen and oxygen atoms in total. The predicted molar refractivity (Wildman–Crippen MR) is 53.6 cm³/mol. The highest BCUT2D eigenvalue weighted by Gasteiger charge is 2.31. The van der Waals surface area contributed by atoms with Crippen molar-refractivity contribution >= 4 is 11.9 Å². The van der Waals surface area contributed by atoms with Crippen LogP contribution in [0.2, 0.25) is 0 Å². The van der Waals surface area contributed by atoms with Crippen LogP contribution in [0.25, 0.3) is 0 Å². The molecule has 6 heteroatoms. The van der Waals surface area contributed by atoms with E-state index in [0.29, 0.717) is 0 Å². The summed E-state index contributed by atoms with van der Waals surface area (Å²) < 4.78 is 9.62. The van der Waals surface area contributed by atoms with Crippen molar-refractivity contribution in [2.75, 3.05) is 6.61 Å². The first-order valence-electron chi connectivity index (χ1n) is 4.67. The van der Waals surface area contributed by atoms with E-state index in [0.717, 1.165) is 0 Å². The van der Waals surface area contributed by atoms with Gasteiger partial charge in [0, 0.05) is 0 Å². The zero-order chi connectivity index (χ0) is 12.1. The normalized spacial score (nSPS) is 13.1. The molecule has 0 spiro atoms. The van der Waals surface area contributed by atoms with Gasteiger partial charge in [-0.25, -0.2) is 15.0 Å². The lowest BCUT2D eigenvalue weighted by Gasteiger charge is -2.22. The summed E-state index contributed by atoms with van der Waals surface area (Å²) in [6.45, 7) is 6.91. The molecule has 0 radical (unpaired) electrons. The molecule has 0 aliphatic rings. The van der Waals surface area contributed by atoms with Crippen LogP contribution in [0.5, 0.6) is 0 Å². The summed E-state index contributed by atoms with van der Waals surface area (Å²) in [5, 5.41) is 0. The standard InChI is InChI=1S/C9H18N2O4/c1-5-14-7(12)6(11-10)8(13)15-9(2,3)4/h6,11H,5,10H2,1-4H3. The molecular weight excluding hydrogens is 200 g/mol. The van der Waals surface area contributed by atoms with Gasteiger partial charge >= 0.3 is 11.9 Å². The van der Waals surface area contributed by atoms with E-state index >= 15 is 0 Å². The van der Waals surface area contributed by atoms with E-state index < -0.39 is 23.6 Å². The van der Waals surface area contributed by atoms with Crippen molar-refractivity contribution in [1.82, 2.24) is 5.43 Å². The van der Waals surface area contributed by atoms with Gasteiger partial charge in [-0.3, -0.25) is 5.84 Å². The molecule has 0 rings (SSSR count). The number of carbonyl (C=O) groups is 2. The molecule has 1 atom stereocenters. The Morgan fingerprint density at radius 3 is 2.20 bits per heavy atom. The third kappa shape index (κ3) is 5.34. The first-order chi connectivity index (χ1) is 6.81. The van der Waals surface area contributed by atoms with Crippen LogP contribution in [0.3, 0.4) is 0 Å². The fourth-order valence-electron chi connectivity index (χ4n) is 0.819.